The van der Waals surface area contributed by atoms with Crippen LogP contribution in [0.4, 0.5) is 10.3 Å². The zero-order valence-corrected chi connectivity index (χ0v) is 22.3. The molecule has 3 atom stereocenters. The van der Waals surface area contributed by atoms with E-state index in [1.807, 2.05) is 0 Å². The number of carbonyl (C=O) groups is 2. The van der Waals surface area contributed by atoms with E-state index in [4.69, 9.17) is 16.3 Å². The number of nitrogens with one attached hydrogen (secondary N) is 2. The lowest BCUT2D eigenvalue weighted by molar-refractivity contribution is -0.126. The fourth-order valence-electron chi connectivity index (χ4n) is 4.14. The van der Waals surface area contributed by atoms with Gasteiger partial charge in [0, 0.05) is 31.4 Å². The van der Waals surface area contributed by atoms with Gasteiger partial charge in [-0.3, -0.25) is 9.59 Å². The molecule has 0 spiro atoms. The Morgan fingerprint density at radius 1 is 1.21 bits per heavy atom. The molecule has 0 aliphatic carbocycles. The molecule has 4 rings (SSSR count). The number of ether oxygens (including phenoxy) is 1. The van der Waals surface area contributed by atoms with E-state index in [0.29, 0.717) is 23.5 Å². The number of methoxy groups -OCH3 is 1. The average Bonchev–Trinajstić information content (AvgIpc) is 3.37. The number of amides is 2. The lowest BCUT2D eigenvalue weighted by Gasteiger charge is -2.32. The first-order chi connectivity index (χ1) is 18.6. The zero-order valence-electron chi connectivity index (χ0n) is 21.6. The van der Waals surface area contributed by atoms with Crippen molar-refractivity contribution >= 4 is 29.4 Å². The largest absolute Gasteiger partial charge is 0.497 e. The van der Waals surface area contributed by atoms with Gasteiger partial charge in [0.1, 0.15) is 29.0 Å². The summed E-state index contributed by atoms with van der Waals surface area (Å²) in [6.45, 7) is 3.31. The first-order valence-corrected chi connectivity index (χ1v) is 12.6. The van der Waals surface area contributed by atoms with Crippen LogP contribution in [-0.2, 0) is 11.3 Å². The number of aliphatic hydroxyl groups excluding tert-OH is 2. The molecule has 3 heterocycles. The van der Waals surface area contributed by atoms with Crippen molar-refractivity contribution in [2.24, 2.45) is 0 Å². The first kappa shape index (κ1) is 28.2. The van der Waals surface area contributed by atoms with Gasteiger partial charge in [-0.05, 0) is 31.5 Å². The lowest BCUT2D eigenvalue weighted by Crippen LogP contribution is -2.52. The Balaban J connectivity index is 1.51. The number of imidazole rings is 1. The minimum absolute atomic E-state index is 0.109. The molecule has 14 heteroatoms. The molecule has 39 heavy (non-hydrogen) atoms. The van der Waals surface area contributed by atoms with Gasteiger partial charge in [-0.1, -0.05) is 11.6 Å². The van der Waals surface area contributed by atoms with E-state index >= 15 is 0 Å². The number of benzene rings is 1. The van der Waals surface area contributed by atoms with Gasteiger partial charge < -0.3 is 35.1 Å². The van der Waals surface area contributed by atoms with E-state index in [1.165, 1.54) is 36.4 Å². The number of anilines is 1. The first-order valence-electron chi connectivity index (χ1n) is 12.2. The summed E-state index contributed by atoms with van der Waals surface area (Å²) in [5.41, 5.74) is 0.983. The van der Waals surface area contributed by atoms with E-state index in [2.05, 4.69) is 25.6 Å². The van der Waals surface area contributed by atoms with Crippen molar-refractivity contribution in [3.63, 3.8) is 0 Å². The Labute approximate surface area is 228 Å². The normalized spacial score (nSPS) is 15.4. The highest BCUT2D eigenvalue weighted by Crippen LogP contribution is 2.28. The molecule has 1 aliphatic heterocycles. The number of halogens is 2. The number of hydrogen-bond donors (Lipinski definition) is 4. The lowest BCUT2D eigenvalue weighted by atomic mass is 10.1. The van der Waals surface area contributed by atoms with Crippen LogP contribution in [0.1, 0.15) is 36.1 Å². The van der Waals surface area contributed by atoms with Crippen LogP contribution in [0.15, 0.2) is 30.6 Å². The average molecular weight is 562 g/mol. The monoisotopic (exact) mass is 561 g/mol. The summed E-state index contributed by atoms with van der Waals surface area (Å²) in [5.74, 6) is -0.978. The van der Waals surface area contributed by atoms with Gasteiger partial charge in [0.25, 0.3) is 5.91 Å². The van der Waals surface area contributed by atoms with Crippen LogP contribution < -0.4 is 15.4 Å². The SMILES string of the molecule is COc1cc(F)cc([C@@H](CO)NC(=O)[C@@H](C)N2CCn3cc(-c4nc(N[C@@H](C)CO)ncc4Cl)nc3C2=O)c1. The van der Waals surface area contributed by atoms with Crippen LogP contribution in [0.5, 0.6) is 5.75 Å². The molecule has 0 unspecified atom stereocenters. The molecule has 4 N–H and O–H groups in total. The molecule has 0 fully saturated rings. The fourth-order valence-corrected chi connectivity index (χ4v) is 4.33. The Bertz CT molecular complexity index is 1370. The minimum Gasteiger partial charge on any atom is -0.497 e. The highest BCUT2D eigenvalue weighted by atomic mass is 35.5. The van der Waals surface area contributed by atoms with Crippen LogP contribution >= 0.6 is 11.6 Å². The van der Waals surface area contributed by atoms with E-state index in [9.17, 15) is 24.2 Å². The third-order valence-electron chi connectivity index (χ3n) is 6.32. The molecule has 0 saturated heterocycles. The molecule has 2 amide bonds. The smallest absolute Gasteiger partial charge is 0.290 e. The second kappa shape index (κ2) is 11.9. The number of aliphatic hydroxyl groups is 2. The molecule has 1 aromatic carbocycles. The molecule has 3 aromatic rings. The van der Waals surface area contributed by atoms with Crippen molar-refractivity contribution in [3.05, 3.63) is 52.8 Å². The third-order valence-corrected chi connectivity index (χ3v) is 6.60. The van der Waals surface area contributed by atoms with Crippen molar-refractivity contribution in [2.45, 2.75) is 38.5 Å². The van der Waals surface area contributed by atoms with Crippen LogP contribution in [0.3, 0.4) is 0 Å². The second-order valence-electron chi connectivity index (χ2n) is 9.10. The summed E-state index contributed by atoms with van der Waals surface area (Å²) in [4.78, 5) is 40.7. The summed E-state index contributed by atoms with van der Waals surface area (Å²) in [6, 6.07) is 1.80. The summed E-state index contributed by atoms with van der Waals surface area (Å²) < 4.78 is 20.7. The number of nitrogens with zero attached hydrogens (tertiary/aromatic N) is 5. The fraction of sp³-hybridized carbons (Fsp3) is 0.400. The molecule has 12 nitrogen and oxygen atoms in total. The Morgan fingerprint density at radius 2 is 1.97 bits per heavy atom. The van der Waals surface area contributed by atoms with Crippen LogP contribution in [0.2, 0.25) is 5.02 Å². The van der Waals surface area contributed by atoms with Gasteiger partial charge in [0.2, 0.25) is 11.9 Å². The quantitative estimate of drug-likeness (QED) is 0.289. The molecule has 0 bridgehead atoms. The van der Waals surface area contributed by atoms with Crippen molar-refractivity contribution < 1.29 is 28.9 Å². The summed E-state index contributed by atoms with van der Waals surface area (Å²) in [6.07, 6.45) is 3.06. The van der Waals surface area contributed by atoms with E-state index < -0.39 is 36.3 Å². The van der Waals surface area contributed by atoms with Crippen molar-refractivity contribution in [1.82, 2.24) is 29.7 Å². The maximum absolute atomic E-state index is 14.0. The topological polar surface area (TPSA) is 155 Å². The highest BCUT2D eigenvalue weighted by molar-refractivity contribution is 6.32. The molecule has 2 aromatic heterocycles. The third kappa shape index (κ3) is 6.10. The van der Waals surface area contributed by atoms with Gasteiger partial charge in [-0.15, -0.1) is 0 Å². The molecular formula is C25H29ClFN7O5. The highest BCUT2D eigenvalue weighted by Gasteiger charge is 2.34. The number of rotatable bonds is 10. The Kier molecular flexibility index (Phi) is 8.63. The molecular weight excluding hydrogens is 533 g/mol. The maximum atomic E-state index is 14.0. The maximum Gasteiger partial charge on any atom is 0.290 e. The van der Waals surface area contributed by atoms with Crippen molar-refractivity contribution in [2.75, 3.05) is 32.2 Å². The summed E-state index contributed by atoms with van der Waals surface area (Å²) in [7, 11) is 1.39. The van der Waals surface area contributed by atoms with E-state index in [-0.39, 0.29) is 41.7 Å². The van der Waals surface area contributed by atoms with Crippen LogP contribution in [-0.4, -0.2) is 85.4 Å². The molecule has 1 aliphatic rings. The van der Waals surface area contributed by atoms with Gasteiger partial charge >= 0.3 is 0 Å². The van der Waals surface area contributed by atoms with Gasteiger partial charge in [0.05, 0.1) is 37.6 Å². The van der Waals surface area contributed by atoms with Crippen molar-refractivity contribution in [1.29, 1.82) is 0 Å². The number of fused-ring (bicyclic) bond motifs is 1. The molecule has 0 saturated carbocycles. The Morgan fingerprint density at radius 3 is 2.67 bits per heavy atom. The molecule has 0 radical (unpaired) electrons. The van der Waals surface area contributed by atoms with Gasteiger partial charge in [-0.25, -0.2) is 19.3 Å². The number of aromatic nitrogens is 4. The predicted octanol–water partition coefficient (Wildman–Crippen LogP) is 1.63. The van der Waals surface area contributed by atoms with E-state index in [1.54, 1.807) is 24.6 Å². The van der Waals surface area contributed by atoms with Crippen LogP contribution in [0.25, 0.3) is 11.4 Å². The summed E-state index contributed by atoms with van der Waals surface area (Å²) >= 11 is 6.31. The molecule has 208 valence electrons. The standard InChI is InChI=1S/C25H29ClFN7O5/c1-13(11-35)29-25-28-9-18(26)21(32-25)19-10-33-4-5-34(24(38)22(33)30-19)14(2)23(37)31-20(12-36)15-6-16(27)8-17(7-15)39-3/h6-10,13-14,20,35-36H,4-5,11-12H2,1-3H3,(H,31,37)(H,28,29,32)/t13-,14+,20+/m0/s1. The second-order valence-corrected chi connectivity index (χ2v) is 9.51. The zero-order chi connectivity index (χ0) is 28.3. The summed E-state index contributed by atoms with van der Waals surface area (Å²) in [5, 5.41) is 25.0. The minimum atomic E-state index is -0.908. The van der Waals surface area contributed by atoms with Gasteiger partial charge in [-0.2, -0.15) is 0 Å². The number of carbonyl (C=O) groups excluding carboxylic acids is 2. The van der Waals surface area contributed by atoms with Crippen LogP contribution in [0, 0.1) is 5.82 Å². The Hall–Kier alpha value is -3.81. The van der Waals surface area contributed by atoms with E-state index in [0.717, 1.165) is 0 Å². The van der Waals surface area contributed by atoms with Crippen molar-refractivity contribution in [3.8, 4) is 17.1 Å². The predicted molar refractivity (Wildman–Crippen MR) is 140 cm³/mol. The number of hydrogen-bond acceptors (Lipinski definition) is 9. The van der Waals surface area contributed by atoms with Gasteiger partial charge in [0.15, 0.2) is 5.82 Å².